The SMILES string of the molecule is NNC(=O)c1ccc(Nc2nc(-c3ccccc3)cs2)cc1. The molecular formula is C16H14N4OS. The maximum atomic E-state index is 11.4. The van der Waals surface area contributed by atoms with Gasteiger partial charge in [-0.15, -0.1) is 11.3 Å². The number of nitrogens with two attached hydrogens (primary N) is 1. The molecule has 0 radical (unpaired) electrons. The number of thiazole rings is 1. The molecule has 5 nitrogen and oxygen atoms in total. The Morgan fingerprint density at radius 1 is 1.05 bits per heavy atom. The van der Waals surface area contributed by atoms with Crippen LogP contribution in [0.4, 0.5) is 10.8 Å². The molecule has 0 aliphatic carbocycles. The number of nitrogens with one attached hydrogen (secondary N) is 2. The van der Waals surface area contributed by atoms with Gasteiger partial charge in [-0.3, -0.25) is 10.2 Å². The second kappa shape index (κ2) is 6.38. The molecule has 0 atom stereocenters. The van der Waals surface area contributed by atoms with Gasteiger partial charge in [-0.1, -0.05) is 30.3 Å². The Morgan fingerprint density at radius 2 is 1.77 bits per heavy atom. The zero-order valence-electron chi connectivity index (χ0n) is 11.6. The van der Waals surface area contributed by atoms with Crippen LogP contribution < -0.4 is 16.6 Å². The monoisotopic (exact) mass is 310 g/mol. The zero-order valence-corrected chi connectivity index (χ0v) is 12.4. The van der Waals surface area contributed by atoms with Crippen LogP contribution in [0.25, 0.3) is 11.3 Å². The lowest BCUT2D eigenvalue weighted by Crippen LogP contribution is -2.29. The number of benzene rings is 2. The van der Waals surface area contributed by atoms with Crippen LogP contribution in [0.5, 0.6) is 0 Å². The van der Waals surface area contributed by atoms with Gasteiger partial charge in [-0.25, -0.2) is 10.8 Å². The van der Waals surface area contributed by atoms with Crippen molar-refractivity contribution >= 4 is 28.1 Å². The lowest BCUT2D eigenvalue weighted by Gasteiger charge is -2.04. The van der Waals surface area contributed by atoms with Crippen molar-refractivity contribution in [2.75, 3.05) is 5.32 Å². The number of hydrogen-bond acceptors (Lipinski definition) is 5. The molecule has 0 saturated carbocycles. The molecule has 4 N–H and O–H groups in total. The zero-order chi connectivity index (χ0) is 15.4. The molecule has 0 saturated heterocycles. The Balaban J connectivity index is 1.74. The van der Waals surface area contributed by atoms with Crippen molar-refractivity contribution in [2.45, 2.75) is 0 Å². The van der Waals surface area contributed by atoms with Crippen molar-refractivity contribution in [1.82, 2.24) is 10.4 Å². The van der Waals surface area contributed by atoms with Crippen LogP contribution in [-0.4, -0.2) is 10.9 Å². The van der Waals surface area contributed by atoms with Crippen molar-refractivity contribution in [3.8, 4) is 11.3 Å². The fraction of sp³-hybridized carbons (Fsp3) is 0. The highest BCUT2D eigenvalue weighted by atomic mass is 32.1. The van der Waals surface area contributed by atoms with Crippen LogP contribution >= 0.6 is 11.3 Å². The van der Waals surface area contributed by atoms with Gasteiger partial charge in [0.1, 0.15) is 0 Å². The Bertz CT molecular complexity index is 768. The number of hydrogen-bond donors (Lipinski definition) is 3. The minimum absolute atomic E-state index is 0.313. The number of rotatable bonds is 4. The molecular weight excluding hydrogens is 296 g/mol. The van der Waals surface area contributed by atoms with Crippen LogP contribution in [0.1, 0.15) is 10.4 Å². The number of aromatic nitrogens is 1. The third-order valence-corrected chi connectivity index (χ3v) is 3.86. The summed E-state index contributed by atoms with van der Waals surface area (Å²) in [6.07, 6.45) is 0. The number of nitrogen functional groups attached to an aromatic ring is 1. The second-order valence-corrected chi connectivity index (χ2v) is 5.44. The predicted octanol–water partition coefficient (Wildman–Crippen LogP) is 3.16. The molecule has 22 heavy (non-hydrogen) atoms. The van der Waals surface area contributed by atoms with Gasteiger partial charge < -0.3 is 5.32 Å². The maximum absolute atomic E-state index is 11.4. The van der Waals surface area contributed by atoms with Crippen LogP contribution in [0, 0.1) is 0 Å². The van der Waals surface area contributed by atoms with Gasteiger partial charge in [0.05, 0.1) is 5.69 Å². The highest BCUT2D eigenvalue weighted by Crippen LogP contribution is 2.27. The van der Waals surface area contributed by atoms with Gasteiger partial charge >= 0.3 is 0 Å². The first-order valence-corrected chi connectivity index (χ1v) is 7.53. The minimum atomic E-state index is -0.313. The van der Waals surface area contributed by atoms with Gasteiger partial charge in [-0.2, -0.15) is 0 Å². The molecule has 3 rings (SSSR count). The summed E-state index contributed by atoms with van der Waals surface area (Å²) in [6.45, 7) is 0. The van der Waals surface area contributed by atoms with Crippen molar-refractivity contribution in [3.05, 3.63) is 65.5 Å². The first-order valence-electron chi connectivity index (χ1n) is 6.65. The molecule has 1 aromatic heterocycles. The number of hydrazine groups is 1. The molecule has 3 aromatic rings. The Kier molecular flexibility index (Phi) is 4.13. The van der Waals surface area contributed by atoms with E-state index in [4.69, 9.17) is 5.84 Å². The number of carbonyl (C=O) groups is 1. The van der Waals surface area contributed by atoms with E-state index in [2.05, 4.69) is 15.7 Å². The second-order valence-electron chi connectivity index (χ2n) is 4.58. The average molecular weight is 310 g/mol. The molecule has 2 aromatic carbocycles. The largest absolute Gasteiger partial charge is 0.332 e. The number of nitrogens with zero attached hydrogens (tertiary/aromatic N) is 1. The highest BCUT2D eigenvalue weighted by molar-refractivity contribution is 7.14. The molecule has 6 heteroatoms. The van der Waals surface area contributed by atoms with Crippen LogP contribution in [0.3, 0.4) is 0 Å². The van der Waals surface area contributed by atoms with E-state index >= 15 is 0 Å². The summed E-state index contributed by atoms with van der Waals surface area (Å²) in [5.41, 5.74) is 5.50. The van der Waals surface area contributed by atoms with Gasteiger partial charge in [0.2, 0.25) is 0 Å². The summed E-state index contributed by atoms with van der Waals surface area (Å²) < 4.78 is 0. The number of anilines is 2. The molecule has 0 bridgehead atoms. The minimum Gasteiger partial charge on any atom is -0.332 e. The van der Waals surface area contributed by atoms with E-state index in [0.717, 1.165) is 22.1 Å². The van der Waals surface area contributed by atoms with E-state index in [0.29, 0.717) is 5.56 Å². The first-order chi connectivity index (χ1) is 10.8. The third kappa shape index (κ3) is 3.13. The summed E-state index contributed by atoms with van der Waals surface area (Å²) in [5.74, 6) is 4.79. The summed E-state index contributed by atoms with van der Waals surface area (Å²) in [6, 6.07) is 17.0. The lowest BCUT2D eigenvalue weighted by molar-refractivity contribution is 0.0953. The van der Waals surface area contributed by atoms with E-state index in [-0.39, 0.29) is 5.91 Å². The summed E-state index contributed by atoms with van der Waals surface area (Å²) >= 11 is 1.53. The van der Waals surface area contributed by atoms with Crippen molar-refractivity contribution in [2.24, 2.45) is 5.84 Å². The standard InChI is InChI=1S/C16H14N4OS/c17-20-15(21)12-6-8-13(9-7-12)18-16-19-14(10-22-16)11-4-2-1-3-5-11/h1-10H,17H2,(H,18,19)(H,20,21). The van der Waals surface area contributed by atoms with E-state index in [9.17, 15) is 4.79 Å². The topological polar surface area (TPSA) is 80.0 Å². The fourth-order valence-corrected chi connectivity index (χ4v) is 2.72. The van der Waals surface area contributed by atoms with Crippen molar-refractivity contribution in [3.63, 3.8) is 0 Å². The summed E-state index contributed by atoms with van der Waals surface area (Å²) in [4.78, 5) is 15.9. The van der Waals surface area contributed by atoms with E-state index < -0.39 is 0 Å². The lowest BCUT2D eigenvalue weighted by atomic mass is 10.2. The molecule has 110 valence electrons. The first kappa shape index (κ1) is 14.2. The molecule has 0 spiro atoms. The molecule has 1 amide bonds. The highest BCUT2D eigenvalue weighted by Gasteiger charge is 2.06. The maximum Gasteiger partial charge on any atom is 0.265 e. The summed E-state index contributed by atoms with van der Waals surface area (Å²) in [7, 11) is 0. The van der Waals surface area contributed by atoms with E-state index in [1.165, 1.54) is 11.3 Å². The average Bonchev–Trinajstić information content (AvgIpc) is 3.04. The van der Waals surface area contributed by atoms with Gasteiger partial charge in [-0.05, 0) is 24.3 Å². The molecule has 0 unspecified atom stereocenters. The normalized spacial score (nSPS) is 10.2. The third-order valence-electron chi connectivity index (χ3n) is 3.10. The Morgan fingerprint density at radius 3 is 2.45 bits per heavy atom. The van der Waals surface area contributed by atoms with Crippen LogP contribution in [0.2, 0.25) is 0 Å². The fourth-order valence-electron chi connectivity index (χ4n) is 1.98. The Hall–Kier alpha value is -2.70. The van der Waals surface area contributed by atoms with Gasteiger partial charge in [0.15, 0.2) is 5.13 Å². The number of amides is 1. The molecule has 1 heterocycles. The number of carbonyl (C=O) groups excluding carboxylic acids is 1. The molecule has 0 fully saturated rings. The predicted molar refractivity (Wildman–Crippen MR) is 88.9 cm³/mol. The summed E-state index contributed by atoms with van der Waals surface area (Å²) in [5, 5.41) is 6.03. The van der Waals surface area contributed by atoms with Crippen molar-refractivity contribution < 1.29 is 4.79 Å². The van der Waals surface area contributed by atoms with Crippen molar-refractivity contribution in [1.29, 1.82) is 0 Å². The smallest absolute Gasteiger partial charge is 0.265 e. The van der Waals surface area contributed by atoms with Gasteiger partial charge in [0, 0.05) is 22.2 Å². The van der Waals surface area contributed by atoms with E-state index in [1.807, 2.05) is 47.8 Å². The molecule has 0 aliphatic heterocycles. The quantitative estimate of drug-likeness (QED) is 0.393. The van der Waals surface area contributed by atoms with Crippen LogP contribution in [-0.2, 0) is 0 Å². The molecule has 0 aliphatic rings. The van der Waals surface area contributed by atoms with Crippen LogP contribution in [0.15, 0.2) is 60.0 Å². The van der Waals surface area contributed by atoms with Gasteiger partial charge in [0.25, 0.3) is 5.91 Å². The van der Waals surface area contributed by atoms with E-state index in [1.54, 1.807) is 12.1 Å². The Labute approximate surface area is 131 Å².